The molecular weight excluding hydrogens is 386 g/mol. The molecule has 0 aliphatic rings. The van der Waals surface area contributed by atoms with Gasteiger partial charge in [-0.25, -0.2) is 0 Å². The number of carbonyl (C=O) groups is 1. The number of nitrogens with zero attached hydrogens (tertiary/aromatic N) is 3. The summed E-state index contributed by atoms with van der Waals surface area (Å²) in [5.74, 6) is 2.39. The summed E-state index contributed by atoms with van der Waals surface area (Å²) in [7, 11) is 1.61. The Morgan fingerprint density at radius 1 is 1.00 bits per heavy atom. The maximum atomic E-state index is 12.4. The molecule has 1 unspecified atom stereocenters. The summed E-state index contributed by atoms with van der Waals surface area (Å²) < 4.78 is 13.5. The van der Waals surface area contributed by atoms with Crippen molar-refractivity contribution in [1.82, 2.24) is 14.8 Å². The summed E-state index contributed by atoms with van der Waals surface area (Å²) in [4.78, 5) is 12.4. The van der Waals surface area contributed by atoms with Crippen LogP contribution in [-0.2, 0) is 0 Å². The highest BCUT2D eigenvalue weighted by Crippen LogP contribution is 2.32. The van der Waals surface area contributed by atoms with Crippen LogP contribution in [0.2, 0.25) is 0 Å². The lowest BCUT2D eigenvalue weighted by Gasteiger charge is -2.19. The van der Waals surface area contributed by atoms with Crippen LogP contribution in [0.3, 0.4) is 0 Å². The summed E-state index contributed by atoms with van der Waals surface area (Å²) in [5.41, 5.74) is 0.698. The fourth-order valence-electron chi connectivity index (χ4n) is 2.95. The van der Waals surface area contributed by atoms with Crippen LogP contribution in [0.5, 0.6) is 11.5 Å². The molecule has 2 aromatic carbocycles. The van der Waals surface area contributed by atoms with Crippen LogP contribution in [0.25, 0.3) is 0 Å². The van der Waals surface area contributed by atoms with Gasteiger partial charge in [-0.3, -0.25) is 4.79 Å². The number of aromatic nitrogens is 3. The number of carbonyl (C=O) groups excluding carboxylic acids is 1. The minimum absolute atomic E-state index is 0.0637. The van der Waals surface area contributed by atoms with Crippen molar-refractivity contribution in [2.45, 2.75) is 38.1 Å². The van der Waals surface area contributed by atoms with Crippen molar-refractivity contribution in [2.24, 2.45) is 0 Å². The molecule has 1 atom stereocenters. The molecule has 0 aliphatic heterocycles. The van der Waals surface area contributed by atoms with E-state index < -0.39 is 0 Å². The topological polar surface area (TPSA) is 66.2 Å². The standard InChI is InChI=1S/C22H25N3O3S/c1-15(2)25-21(16(3)28-20-13-9-8-12-19(20)27-4)23-24-22(25)29-14-18(26)17-10-6-5-7-11-17/h5-13,15-16H,14H2,1-4H3. The van der Waals surface area contributed by atoms with E-state index in [1.54, 1.807) is 7.11 Å². The average Bonchev–Trinajstić information content (AvgIpc) is 3.17. The zero-order valence-electron chi connectivity index (χ0n) is 17.0. The van der Waals surface area contributed by atoms with E-state index in [-0.39, 0.29) is 17.9 Å². The first kappa shape index (κ1) is 20.9. The van der Waals surface area contributed by atoms with E-state index in [2.05, 4.69) is 24.0 Å². The van der Waals surface area contributed by atoms with Crippen LogP contribution < -0.4 is 9.47 Å². The number of para-hydroxylation sites is 2. The Balaban J connectivity index is 1.76. The number of Topliss-reactive ketones (excluding diaryl/α,β-unsaturated/α-hetero) is 1. The molecule has 0 aliphatic carbocycles. The zero-order chi connectivity index (χ0) is 20.8. The molecular formula is C22H25N3O3S. The molecule has 29 heavy (non-hydrogen) atoms. The number of methoxy groups -OCH3 is 1. The maximum Gasteiger partial charge on any atom is 0.192 e. The summed E-state index contributed by atoms with van der Waals surface area (Å²) in [6.45, 7) is 6.05. The monoisotopic (exact) mass is 411 g/mol. The molecule has 0 amide bonds. The summed E-state index contributed by atoms with van der Waals surface area (Å²) in [6, 6.07) is 16.9. The van der Waals surface area contributed by atoms with Crippen LogP contribution in [0.1, 0.15) is 49.1 Å². The van der Waals surface area contributed by atoms with Gasteiger partial charge in [-0.2, -0.15) is 0 Å². The van der Waals surface area contributed by atoms with E-state index in [0.29, 0.717) is 33.8 Å². The second-order valence-electron chi connectivity index (χ2n) is 6.79. The number of benzene rings is 2. The highest BCUT2D eigenvalue weighted by molar-refractivity contribution is 7.99. The van der Waals surface area contributed by atoms with Gasteiger partial charge in [0.05, 0.1) is 12.9 Å². The lowest BCUT2D eigenvalue weighted by atomic mass is 10.2. The number of thioether (sulfide) groups is 1. The number of hydrogen-bond donors (Lipinski definition) is 0. The van der Waals surface area contributed by atoms with Crippen LogP contribution in [0.15, 0.2) is 59.8 Å². The smallest absolute Gasteiger partial charge is 0.192 e. The first-order valence-electron chi connectivity index (χ1n) is 9.46. The van der Waals surface area contributed by atoms with Crippen molar-refractivity contribution in [3.8, 4) is 11.5 Å². The predicted molar refractivity (Wildman–Crippen MR) is 114 cm³/mol. The first-order valence-corrected chi connectivity index (χ1v) is 10.4. The molecule has 3 aromatic rings. The Kier molecular flexibility index (Phi) is 6.93. The molecule has 152 valence electrons. The summed E-state index contributed by atoms with van der Waals surface area (Å²) in [6.07, 6.45) is -0.333. The zero-order valence-corrected chi connectivity index (χ0v) is 17.8. The van der Waals surface area contributed by atoms with Crippen molar-refractivity contribution >= 4 is 17.5 Å². The van der Waals surface area contributed by atoms with Crippen LogP contribution in [-0.4, -0.2) is 33.4 Å². The molecule has 0 N–H and O–H groups in total. The maximum absolute atomic E-state index is 12.4. The van der Waals surface area contributed by atoms with E-state index in [0.717, 1.165) is 0 Å². The van der Waals surface area contributed by atoms with Crippen molar-refractivity contribution in [3.63, 3.8) is 0 Å². The van der Waals surface area contributed by atoms with Gasteiger partial charge in [0.2, 0.25) is 0 Å². The molecule has 0 fully saturated rings. The normalized spacial score (nSPS) is 12.0. The number of rotatable bonds is 9. The predicted octanol–water partition coefficient (Wildman–Crippen LogP) is 4.98. The van der Waals surface area contributed by atoms with Gasteiger partial charge in [-0.15, -0.1) is 10.2 Å². The SMILES string of the molecule is COc1ccccc1OC(C)c1nnc(SCC(=O)c2ccccc2)n1C(C)C. The summed E-state index contributed by atoms with van der Waals surface area (Å²) >= 11 is 1.39. The molecule has 6 nitrogen and oxygen atoms in total. The Morgan fingerprint density at radius 3 is 2.31 bits per heavy atom. The van der Waals surface area contributed by atoms with Crippen molar-refractivity contribution in [3.05, 3.63) is 66.0 Å². The molecule has 0 radical (unpaired) electrons. The fourth-order valence-corrected chi connectivity index (χ4v) is 3.92. The molecule has 0 saturated carbocycles. The van der Waals surface area contributed by atoms with Crippen LogP contribution >= 0.6 is 11.8 Å². The van der Waals surface area contributed by atoms with Gasteiger partial charge in [-0.1, -0.05) is 54.2 Å². The van der Waals surface area contributed by atoms with Gasteiger partial charge in [0, 0.05) is 11.6 Å². The van der Waals surface area contributed by atoms with Crippen molar-refractivity contribution in [2.75, 3.05) is 12.9 Å². The lowest BCUT2D eigenvalue weighted by molar-refractivity contribution is 0.102. The number of hydrogen-bond acceptors (Lipinski definition) is 6. The van der Waals surface area contributed by atoms with Crippen LogP contribution in [0, 0.1) is 0 Å². The minimum atomic E-state index is -0.333. The molecule has 0 bridgehead atoms. The molecule has 7 heteroatoms. The van der Waals surface area contributed by atoms with E-state index >= 15 is 0 Å². The fraction of sp³-hybridized carbons (Fsp3) is 0.318. The number of ether oxygens (including phenoxy) is 2. The highest BCUT2D eigenvalue weighted by Gasteiger charge is 2.23. The van der Waals surface area contributed by atoms with Crippen molar-refractivity contribution < 1.29 is 14.3 Å². The van der Waals surface area contributed by atoms with E-state index in [4.69, 9.17) is 9.47 Å². The van der Waals surface area contributed by atoms with Gasteiger partial charge in [0.15, 0.2) is 34.4 Å². The third kappa shape index (κ3) is 4.98. The average molecular weight is 412 g/mol. The molecule has 1 aromatic heterocycles. The first-order chi connectivity index (χ1) is 14.0. The van der Waals surface area contributed by atoms with Gasteiger partial charge in [0.1, 0.15) is 0 Å². The minimum Gasteiger partial charge on any atom is -0.493 e. The molecule has 3 rings (SSSR count). The third-order valence-electron chi connectivity index (χ3n) is 4.37. The van der Waals surface area contributed by atoms with E-state index in [9.17, 15) is 4.79 Å². The van der Waals surface area contributed by atoms with Gasteiger partial charge < -0.3 is 14.0 Å². The Morgan fingerprint density at radius 2 is 1.66 bits per heavy atom. The van der Waals surface area contributed by atoms with Gasteiger partial charge in [0.25, 0.3) is 0 Å². The second-order valence-corrected chi connectivity index (χ2v) is 7.74. The molecule has 0 spiro atoms. The van der Waals surface area contributed by atoms with Gasteiger partial charge in [-0.05, 0) is 32.9 Å². The number of ketones is 1. The van der Waals surface area contributed by atoms with Crippen molar-refractivity contribution in [1.29, 1.82) is 0 Å². The highest BCUT2D eigenvalue weighted by atomic mass is 32.2. The largest absolute Gasteiger partial charge is 0.493 e. The van der Waals surface area contributed by atoms with Crippen LogP contribution in [0.4, 0.5) is 0 Å². The lowest BCUT2D eigenvalue weighted by Crippen LogP contribution is -2.15. The van der Waals surface area contributed by atoms with E-state index in [1.807, 2.05) is 66.1 Å². The third-order valence-corrected chi connectivity index (χ3v) is 5.31. The summed E-state index contributed by atoms with van der Waals surface area (Å²) in [5, 5.41) is 9.38. The second kappa shape index (κ2) is 9.60. The Labute approximate surface area is 175 Å². The molecule has 0 saturated heterocycles. The molecule has 1 heterocycles. The van der Waals surface area contributed by atoms with Gasteiger partial charge >= 0.3 is 0 Å². The quantitative estimate of drug-likeness (QED) is 0.365. The van der Waals surface area contributed by atoms with E-state index in [1.165, 1.54) is 11.8 Å². The Hall–Kier alpha value is -2.80. The Bertz CT molecular complexity index is 957.